The molecule has 0 fully saturated rings. The molecule has 156 valence electrons. The Kier molecular flexibility index (Phi) is 5.43. The normalized spacial score (nSPS) is 14.4. The van der Waals surface area contributed by atoms with Crippen molar-refractivity contribution in [1.82, 2.24) is 0 Å². The highest BCUT2D eigenvalue weighted by Gasteiger charge is 2.30. The van der Waals surface area contributed by atoms with E-state index in [0.717, 1.165) is 17.3 Å². The summed E-state index contributed by atoms with van der Waals surface area (Å²) in [5.74, 6) is -1.69. The first-order valence-corrected chi connectivity index (χ1v) is 10.9. The third-order valence-corrected chi connectivity index (χ3v) is 7.61. The predicted octanol–water partition coefficient (Wildman–Crippen LogP) is 1.31. The Morgan fingerprint density at radius 1 is 1.31 bits per heavy atom. The van der Waals surface area contributed by atoms with Crippen LogP contribution in [0.5, 0.6) is 0 Å². The van der Waals surface area contributed by atoms with E-state index in [0.29, 0.717) is 18.1 Å². The molecule has 0 saturated carbocycles. The number of sulfone groups is 1. The number of fused-ring (bicyclic) bond motifs is 1. The molecule has 0 saturated heterocycles. The Bertz CT molecular complexity index is 1090. The molecule has 11 heteroatoms. The van der Waals surface area contributed by atoms with Crippen molar-refractivity contribution >= 4 is 43.7 Å². The quantitative estimate of drug-likeness (QED) is 0.638. The van der Waals surface area contributed by atoms with Crippen LogP contribution in [-0.2, 0) is 26.0 Å². The highest BCUT2D eigenvalue weighted by atomic mass is 32.2. The van der Waals surface area contributed by atoms with E-state index >= 15 is 0 Å². The highest BCUT2D eigenvalue weighted by Crippen LogP contribution is 2.36. The van der Waals surface area contributed by atoms with Crippen molar-refractivity contribution in [2.24, 2.45) is 5.73 Å². The zero-order valence-electron chi connectivity index (χ0n) is 16.1. The summed E-state index contributed by atoms with van der Waals surface area (Å²) in [5, 5.41) is 12.1. The van der Waals surface area contributed by atoms with Gasteiger partial charge in [0.1, 0.15) is 21.5 Å². The maximum atomic E-state index is 13.1. The van der Waals surface area contributed by atoms with E-state index in [1.807, 2.05) is 11.9 Å². The number of ether oxygens (including phenoxy) is 1. The molecule has 1 aliphatic rings. The van der Waals surface area contributed by atoms with E-state index in [1.54, 1.807) is 6.07 Å². The van der Waals surface area contributed by atoms with Gasteiger partial charge in [0.05, 0.1) is 17.1 Å². The van der Waals surface area contributed by atoms with Crippen LogP contribution in [0.1, 0.15) is 29.8 Å². The third-order valence-electron chi connectivity index (χ3n) is 4.34. The summed E-state index contributed by atoms with van der Waals surface area (Å²) in [6, 6.07) is 5.84. The number of carbonyl (C=O) groups is 2. The predicted molar refractivity (Wildman–Crippen MR) is 108 cm³/mol. The number of hydrogen-bond donors (Lipinski definition) is 3. The molecule has 0 radical (unpaired) electrons. The summed E-state index contributed by atoms with van der Waals surface area (Å²) < 4.78 is 31.5. The van der Waals surface area contributed by atoms with Gasteiger partial charge in [-0.15, -0.1) is 11.3 Å². The highest BCUT2D eigenvalue weighted by molar-refractivity contribution is 7.93. The van der Waals surface area contributed by atoms with Crippen molar-refractivity contribution in [3.05, 3.63) is 35.4 Å². The van der Waals surface area contributed by atoms with Gasteiger partial charge in [-0.3, -0.25) is 9.59 Å². The van der Waals surface area contributed by atoms with Crippen LogP contribution < -0.4 is 16.0 Å². The van der Waals surface area contributed by atoms with Gasteiger partial charge in [-0.05, 0) is 38.1 Å². The fourth-order valence-corrected chi connectivity index (χ4v) is 5.55. The van der Waals surface area contributed by atoms with Crippen molar-refractivity contribution in [3.63, 3.8) is 0 Å². The van der Waals surface area contributed by atoms with Gasteiger partial charge in [-0.1, -0.05) is 0 Å². The molecule has 9 nitrogen and oxygen atoms in total. The number of anilines is 2. The van der Waals surface area contributed by atoms with Crippen molar-refractivity contribution in [1.29, 1.82) is 0 Å². The number of nitrogens with zero attached hydrogens (tertiary/aromatic N) is 1. The number of rotatable bonds is 5. The van der Waals surface area contributed by atoms with Crippen LogP contribution in [-0.4, -0.2) is 44.7 Å². The van der Waals surface area contributed by atoms with E-state index in [2.05, 4.69) is 5.32 Å². The molecule has 29 heavy (non-hydrogen) atoms. The van der Waals surface area contributed by atoms with Crippen molar-refractivity contribution < 1.29 is 27.9 Å². The van der Waals surface area contributed by atoms with Crippen molar-refractivity contribution in [2.75, 3.05) is 24.0 Å². The van der Waals surface area contributed by atoms with Gasteiger partial charge in [0.2, 0.25) is 9.84 Å². The number of hydrogen-bond acceptors (Lipinski definition) is 8. The Morgan fingerprint density at radius 2 is 2.00 bits per heavy atom. The van der Waals surface area contributed by atoms with Crippen molar-refractivity contribution in [3.8, 4) is 0 Å². The molecule has 0 unspecified atom stereocenters. The Balaban J connectivity index is 2.02. The monoisotopic (exact) mass is 439 g/mol. The van der Waals surface area contributed by atoms with Gasteiger partial charge in [0.15, 0.2) is 0 Å². The average molecular weight is 440 g/mol. The first kappa shape index (κ1) is 21.2. The Hall–Kier alpha value is -2.47. The Morgan fingerprint density at radius 3 is 2.62 bits per heavy atom. The molecule has 1 aromatic heterocycles. The molecule has 0 bridgehead atoms. The minimum absolute atomic E-state index is 0.0350. The molecule has 2 amide bonds. The number of primary amides is 1. The van der Waals surface area contributed by atoms with Gasteiger partial charge < -0.3 is 25.8 Å². The molecular formula is C18H21N3O6S2. The van der Waals surface area contributed by atoms with E-state index < -0.39 is 27.3 Å². The van der Waals surface area contributed by atoms with Crippen LogP contribution in [0.25, 0.3) is 0 Å². The lowest BCUT2D eigenvalue weighted by Crippen LogP contribution is -2.36. The molecule has 2 heterocycles. The van der Waals surface area contributed by atoms with E-state index in [1.165, 1.54) is 26.0 Å². The standard InChI is InChI=1S/C18H21N3O6S2/c1-18(2,24)17(23)20-16-12(15(19)22)7-14(28-16)29(25,26)11-4-5-13-10(6-11)8-27-9-21(13)3/h4-7,24H,8-9H2,1-3H3,(H2,19,22)(H,20,23). The number of thiophene rings is 1. The van der Waals surface area contributed by atoms with Crippen molar-refractivity contribution in [2.45, 2.75) is 35.2 Å². The maximum absolute atomic E-state index is 13.1. The summed E-state index contributed by atoms with van der Waals surface area (Å²) in [6.07, 6.45) is 0. The molecule has 3 rings (SSSR count). The van der Waals surface area contributed by atoms with Crippen LogP contribution in [0.2, 0.25) is 0 Å². The molecule has 1 aliphatic heterocycles. The SMILES string of the molecule is CN1COCc2cc(S(=O)(=O)c3cc(C(N)=O)c(NC(=O)C(C)(C)O)s3)ccc21. The summed E-state index contributed by atoms with van der Waals surface area (Å²) in [5.41, 5.74) is 5.07. The lowest BCUT2D eigenvalue weighted by molar-refractivity contribution is -0.130. The van der Waals surface area contributed by atoms with E-state index in [9.17, 15) is 23.1 Å². The summed E-state index contributed by atoms with van der Waals surface area (Å²) in [6.45, 7) is 3.23. The summed E-state index contributed by atoms with van der Waals surface area (Å²) in [7, 11) is -2.14. The number of benzene rings is 1. The maximum Gasteiger partial charge on any atom is 0.256 e. The van der Waals surface area contributed by atoms with Crippen LogP contribution in [0, 0.1) is 0 Å². The first-order chi connectivity index (χ1) is 13.4. The largest absolute Gasteiger partial charge is 0.381 e. The second kappa shape index (κ2) is 7.41. The van der Waals surface area contributed by atoms with Crippen LogP contribution >= 0.6 is 11.3 Å². The Labute approximate surface area is 172 Å². The second-order valence-corrected chi connectivity index (χ2v) is 10.4. The van der Waals surface area contributed by atoms with E-state index in [4.69, 9.17) is 10.5 Å². The van der Waals surface area contributed by atoms with Gasteiger partial charge in [-0.2, -0.15) is 0 Å². The molecule has 4 N–H and O–H groups in total. The zero-order valence-corrected chi connectivity index (χ0v) is 17.7. The number of nitrogens with one attached hydrogen (secondary N) is 1. The molecule has 2 aromatic rings. The second-order valence-electron chi connectivity index (χ2n) is 7.16. The van der Waals surface area contributed by atoms with E-state index in [-0.39, 0.29) is 26.3 Å². The van der Waals surface area contributed by atoms with Gasteiger partial charge in [0, 0.05) is 18.3 Å². The smallest absolute Gasteiger partial charge is 0.256 e. The molecule has 0 spiro atoms. The number of aliphatic hydroxyl groups is 1. The first-order valence-electron chi connectivity index (χ1n) is 8.55. The van der Waals surface area contributed by atoms with Gasteiger partial charge in [-0.25, -0.2) is 8.42 Å². The molecule has 1 aromatic carbocycles. The topological polar surface area (TPSA) is 139 Å². The summed E-state index contributed by atoms with van der Waals surface area (Å²) >= 11 is 0.698. The molecule has 0 aliphatic carbocycles. The average Bonchev–Trinajstić information content (AvgIpc) is 3.06. The number of nitrogens with two attached hydrogens (primary N) is 1. The van der Waals surface area contributed by atoms with Crippen LogP contribution in [0.3, 0.4) is 0 Å². The number of carbonyl (C=O) groups excluding carboxylic acids is 2. The zero-order chi connectivity index (χ0) is 21.6. The number of amides is 2. The lowest BCUT2D eigenvalue weighted by atomic mass is 10.1. The minimum Gasteiger partial charge on any atom is -0.381 e. The summed E-state index contributed by atoms with van der Waals surface area (Å²) in [4.78, 5) is 25.7. The van der Waals surface area contributed by atoms with Crippen LogP contribution in [0.15, 0.2) is 33.4 Å². The lowest BCUT2D eigenvalue weighted by Gasteiger charge is -2.27. The fourth-order valence-electron chi connectivity index (χ4n) is 2.73. The fraction of sp³-hybridized carbons (Fsp3) is 0.333. The molecule has 0 atom stereocenters. The van der Waals surface area contributed by atoms with Crippen LogP contribution in [0.4, 0.5) is 10.7 Å². The minimum atomic E-state index is -3.97. The van der Waals surface area contributed by atoms with Gasteiger partial charge in [0.25, 0.3) is 11.8 Å². The molecular weight excluding hydrogens is 418 g/mol. The van der Waals surface area contributed by atoms with Gasteiger partial charge >= 0.3 is 0 Å². The third kappa shape index (κ3) is 4.13.